The minimum atomic E-state index is 0.593. The highest BCUT2D eigenvalue weighted by molar-refractivity contribution is 9.10. The molecular weight excluding hydrogens is 286 g/mol. The zero-order valence-corrected chi connectivity index (χ0v) is 11.0. The highest BCUT2D eigenvalue weighted by Gasteiger charge is 2.02. The van der Waals surface area contributed by atoms with Gasteiger partial charge in [0.25, 0.3) is 0 Å². The summed E-state index contributed by atoms with van der Waals surface area (Å²) in [6, 6.07) is 9.87. The molecule has 5 heteroatoms. The van der Waals surface area contributed by atoms with E-state index in [1.807, 2.05) is 24.5 Å². The third-order valence-corrected chi connectivity index (χ3v) is 3.21. The van der Waals surface area contributed by atoms with Crippen molar-refractivity contribution in [1.29, 1.82) is 0 Å². The Bertz CT molecular complexity index is 490. The molecular formula is C11H10BrN3S. The quantitative estimate of drug-likeness (QED) is 0.692. The molecule has 0 spiro atoms. The van der Waals surface area contributed by atoms with E-state index in [0.29, 0.717) is 5.95 Å². The molecule has 3 nitrogen and oxygen atoms in total. The number of benzene rings is 1. The first kappa shape index (κ1) is 11.4. The second-order valence-corrected chi connectivity index (χ2v) is 4.69. The maximum absolute atomic E-state index is 4.23. The molecule has 2 aromatic rings. The van der Waals surface area contributed by atoms with Gasteiger partial charge in [-0.2, -0.15) is 0 Å². The van der Waals surface area contributed by atoms with Crippen molar-refractivity contribution in [1.82, 2.24) is 9.97 Å². The highest BCUT2D eigenvalue weighted by Crippen LogP contribution is 2.26. The Morgan fingerprint density at radius 1 is 1.25 bits per heavy atom. The van der Waals surface area contributed by atoms with Crippen LogP contribution in [0.1, 0.15) is 0 Å². The molecule has 0 aliphatic carbocycles. The lowest BCUT2D eigenvalue weighted by atomic mass is 10.3. The number of rotatable bonds is 3. The molecule has 2 rings (SSSR count). The second-order valence-electron chi connectivity index (χ2n) is 3.03. The number of nitrogens with zero attached hydrogens (tertiary/aromatic N) is 2. The zero-order valence-electron chi connectivity index (χ0n) is 8.64. The van der Waals surface area contributed by atoms with Crippen molar-refractivity contribution in [2.45, 2.75) is 4.90 Å². The van der Waals surface area contributed by atoms with E-state index in [1.54, 1.807) is 24.0 Å². The SMILES string of the molecule is CSc1ccccc1Nc1nccc(Br)n1. The van der Waals surface area contributed by atoms with Crippen molar-refractivity contribution in [3.63, 3.8) is 0 Å². The van der Waals surface area contributed by atoms with E-state index in [4.69, 9.17) is 0 Å². The average molecular weight is 296 g/mol. The van der Waals surface area contributed by atoms with E-state index in [2.05, 4.69) is 37.3 Å². The van der Waals surface area contributed by atoms with E-state index in [0.717, 1.165) is 10.3 Å². The fourth-order valence-corrected chi connectivity index (χ4v) is 2.11. The number of hydrogen-bond acceptors (Lipinski definition) is 4. The molecule has 0 fully saturated rings. The third-order valence-electron chi connectivity index (χ3n) is 1.98. The monoisotopic (exact) mass is 295 g/mol. The first-order valence-electron chi connectivity index (χ1n) is 4.68. The Hall–Kier alpha value is -1.07. The summed E-state index contributed by atoms with van der Waals surface area (Å²) in [5.74, 6) is 0.593. The molecule has 0 saturated carbocycles. The van der Waals surface area contributed by atoms with E-state index in [-0.39, 0.29) is 0 Å². The maximum atomic E-state index is 4.23. The number of anilines is 2. The van der Waals surface area contributed by atoms with Crippen LogP contribution in [-0.2, 0) is 0 Å². The summed E-state index contributed by atoms with van der Waals surface area (Å²) in [4.78, 5) is 9.55. The number of aromatic nitrogens is 2. The summed E-state index contributed by atoms with van der Waals surface area (Å²) < 4.78 is 0.770. The van der Waals surface area contributed by atoms with Gasteiger partial charge in [0.05, 0.1) is 5.69 Å². The van der Waals surface area contributed by atoms with E-state index < -0.39 is 0 Å². The molecule has 0 unspecified atom stereocenters. The summed E-state index contributed by atoms with van der Waals surface area (Å²) in [5, 5.41) is 3.19. The van der Waals surface area contributed by atoms with Crippen LogP contribution in [0, 0.1) is 0 Å². The van der Waals surface area contributed by atoms with Crippen LogP contribution >= 0.6 is 27.7 Å². The Balaban J connectivity index is 2.26. The molecule has 16 heavy (non-hydrogen) atoms. The molecule has 1 heterocycles. The van der Waals surface area contributed by atoms with Crippen molar-refractivity contribution in [2.24, 2.45) is 0 Å². The standard InChI is InChI=1S/C11H10BrN3S/c1-16-9-5-3-2-4-8(9)14-11-13-7-6-10(12)15-11/h2-7H,1H3,(H,13,14,15). The van der Waals surface area contributed by atoms with Crippen molar-refractivity contribution in [3.05, 3.63) is 41.1 Å². The van der Waals surface area contributed by atoms with Crippen LogP contribution in [0.3, 0.4) is 0 Å². The summed E-state index contributed by atoms with van der Waals surface area (Å²) in [5.41, 5.74) is 1.02. The molecule has 0 atom stereocenters. The van der Waals surface area contributed by atoms with Crippen molar-refractivity contribution < 1.29 is 0 Å². The van der Waals surface area contributed by atoms with Crippen LogP contribution in [-0.4, -0.2) is 16.2 Å². The van der Waals surface area contributed by atoms with Crippen LogP contribution in [0.4, 0.5) is 11.6 Å². The van der Waals surface area contributed by atoms with Gasteiger partial charge in [-0.25, -0.2) is 9.97 Å². The molecule has 0 amide bonds. The molecule has 1 N–H and O–H groups in total. The van der Waals surface area contributed by atoms with Crippen molar-refractivity contribution in [2.75, 3.05) is 11.6 Å². The molecule has 0 bridgehead atoms. The van der Waals surface area contributed by atoms with Gasteiger partial charge < -0.3 is 5.32 Å². The normalized spacial score (nSPS) is 10.1. The van der Waals surface area contributed by atoms with Gasteiger partial charge in [0.2, 0.25) is 5.95 Å². The number of hydrogen-bond donors (Lipinski definition) is 1. The van der Waals surface area contributed by atoms with Crippen LogP contribution in [0.2, 0.25) is 0 Å². The molecule has 0 saturated heterocycles. The van der Waals surface area contributed by atoms with Crippen LogP contribution < -0.4 is 5.32 Å². The Morgan fingerprint density at radius 3 is 2.81 bits per heavy atom. The smallest absolute Gasteiger partial charge is 0.228 e. The van der Waals surface area contributed by atoms with Crippen LogP contribution in [0.5, 0.6) is 0 Å². The van der Waals surface area contributed by atoms with Gasteiger partial charge in [0.1, 0.15) is 4.60 Å². The number of para-hydroxylation sites is 1. The predicted octanol–water partition coefficient (Wildman–Crippen LogP) is 3.70. The maximum Gasteiger partial charge on any atom is 0.228 e. The predicted molar refractivity (Wildman–Crippen MR) is 71.2 cm³/mol. The fourth-order valence-electron chi connectivity index (χ4n) is 1.27. The average Bonchev–Trinajstić information content (AvgIpc) is 2.30. The lowest BCUT2D eigenvalue weighted by molar-refractivity contribution is 1.13. The molecule has 0 radical (unpaired) electrons. The van der Waals surface area contributed by atoms with Crippen LogP contribution in [0.15, 0.2) is 46.0 Å². The molecule has 1 aromatic carbocycles. The summed E-state index contributed by atoms with van der Waals surface area (Å²) >= 11 is 5.00. The van der Waals surface area contributed by atoms with Gasteiger partial charge >= 0.3 is 0 Å². The number of halogens is 1. The van der Waals surface area contributed by atoms with Crippen molar-refractivity contribution in [3.8, 4) is 0 Å². The molecule has 0 aliphatic heterocycles. The second kappa shape index (κ2) is 5.32. The lowest BCUT2D eigenvalue weighted by Gasteiger charge is -2.08. The summed E-state index contributed by atoms with van der Waals surface area (Å²) in [7, 11) is 0. The van der Waals surface area contributed by atoms with Gasteiger partial charge in [-0.05, 0) is 40.4 Å². The Morgan fingerprint density at radius 2 is 2.06 bits per heavy atom. The van der Waals surface area contributed by atoms with Crippen LogP contribution in [0.25, 0.3) is 0 Å². The molecule has 1 aromatic heterocycles. The number of thioether (sulfide) groups is 1. The van der Waals surface area contributed by atoms with E-state index in [1.165, 1.54) is 4.90 Å². The minimum Gasteiger partial charge on any atom is -0.323 e. The molecule has 82 valence electrons. The summed E-state index contributed by atoms with van der Waals surface area (Å²) in [6.07, 6.45) is 3.75. The minimum absolute atomic E-state index is 0.593. The number of nitrogens with one attached hydrogen (secondary N) is 1. The first-order valence-corrected chi connectivity index (χ1v) is 6.70. The van der Waals surface area contributed by atoms with E-state index in [9.17, 15) is 0 Å². The van der Waals surface area contributed by atoms with Gasteiger partial charge in [0, 0.05) is 11.1 Å². The Kier molecular flexibility index (Phi) is 3.79. The molecule has 0 aliphatic rings. The lowest BCUT2D eigenvalue weighted by Crippen LogP contribution is -1.97. The largest absolute Gasteiger partial charge is 0.323 e. The van der Waals surface area contributed by atoms with Gasteiger partial charge in [0.15, 0.2) is 0 Å². The van der Waals surface area contributed by atoms with Gasteiger partial charge in [-0.1, -0.05) is 12.1 Å². The zero-order chi connectivity index (χ0) is 11.4. The van der Waals surface area contributed by atoms with Gasteiger partial charge in [-0.3, -0.25) is 0 Å². The van der Waals surface area contributed by atoms with E-state index >= 15 is 0 Å². The first-order chi connectivity index (χ1) is 7.79. The highest BCUT2D eigenvalue weighted by atomic mass is 79.9. The van der Waals surface area contributed by atoms with Gasteiger partial charge in [-0.15, -0.1) is 11.8 Å². The Labute approximate surface area is 107 Å². The van der Waals surface area contributed by atoms with Crippen molar-refractivity contribution >= 4 is 39.3 Å². The third kappa shape index (κ3) is 2.74. The summed E-state index contributed by atoms with van der Waals surface area (Å²) in [6.45, 7) is 0. The fraction of sp³-hybridized carbons (Fsp3) is 0.0909. The topological polar surface area (TPSA) is 37.8 Å².